The molecule has 0 spiro atoms. The van der Waals surface area contributed by atoms with Gasteiger partial charge in [-0.3, -0.25) is 4.79 Å². The molecule has 100 valence electrons. The van der Waals surface area contributed by atoms with E-state index in [4.69, 9.17) is 0 Å². The number of carbonyl (C=O) groups excluding carboxylic acids is 1. The number of carbonyl (C=O) groups is 1. The fraction of sp³-hybridized carbons (Fsp3) is 0.118. The van der Waals surface area contributed by atoms with Crippen LogP contribution in [-0.2, 0) is 6.42 Å². The van der Waals surface area contributed by atoms with Gasteiger partial charge in [0.25, 0.3) is 0 Å². The van der Waals surface area contributed by atoms with E-state index in [9.17, 15) is 9.18 Å². The van der Waals surface area contributed by atoms with E-state index in [1.54, 1.807) is 12.3 Å². The molecule has 0 bridgehead atoms. The molecule has 0 saturated carbocycles. The molecule has 3 aromatic rings. The zero-order valence-electron chi connectivity index (χ0n) is 11.1. The number of hydrogen-bond acceptors (Lipinski definition) is 1. The number of halogens is 1. The second-order valence-corrected chi connectivity index (χ2v) is 4.77. The number of aromatic nitrogens is 1. The molecule has 0 aliphatic heterocycles. The topological polar surface area (TPSA) is 32.9 Å². The highest BCUT2D eigenvalue weighted by Crippen LogP contribution is 2.22. The van der Waals surface area contributed by atoms with Crippen molar-refractivity contribution in [2.24, 2.45) is 0 Å². The first-order valence-electron chi connectivity index (χ1n) is 6.59. The summed E-state index contributed by atoms with van der Waals surface area (Å²) >= 11 is 0. The largest absolute Gasteiger partial charge is 0.360 e. The van der Waals surface area contributed by atoms with Gasteiger partial charge in [-0.25, -0.2) is 4.39 Å². The Morgan fingerprint density at radius 1 is 1.15 bits per heavy atom. The smallest absolute Gasteiger partial charge is 0.195 e. The summed E-state index contributed by atoms with van der Waals surface area (Å²) in [5.41, 5.74) is 3.05. The van der Waals surface area contributed by atoms with E-state index in [0.29, 0.717) is 16.6 Å². The van der Waals surface area contributed by atoms with Crippen molar-refractivity contribution in [2.75, 3.05) is 0 Å². The highest BCUT2D eigenvalue weighted by molar-refractivity contribution is 6.16. The summed E-state index contributed by atoms with van der Waals surface area (Å²) in [6.45, 7) is 2.07. The summed E-state index contributed by atoms with van der Waals surface area (Å²) in [6, 6.07) is 12.0. The highest BCUT2D eigenvalue weighted by Gasteiger charge is 2.14. The zero-order valence-corrected chi connectivity index (χ0v) is 11.1. The number of hydrogen-bond donors (Lipinski definition) is 1. The fourth-order valence-corrected chi connectivity index (χ4v) is 2.33. The number of fused-ring (bicyclic) bond motifs is 1. The lowest BCUT2D eigenvalue weighted by molar-refractivity contribution is 0.104. The van der Waals surface area contributed by atoms with Gasteiger partial charge < -0.3 is 4.98 Å². The second kappa shape index (κ2) is 4.93. The molecular weight excluding hydrogens is 253 g/mol. The van der Waals surface area contributed by atoms with E-state index in [1.807, 2.05) is 24.3 Å². The predicted octanol–water partition coefficient (Wildman–Crippen LogP) is 4.10. The summed E-state index contributed by atoms with van der Waals surface area (Å²) in [4.78, 5) is 15.4. The van der Waals surface area contributed by atoms with Gasteiger partial charge in [0, 0.05) is 28.2 Å². The van der Waals surface area contributed by atoms with Gasteiger partial charge in [-0.1, -0.05) is 31.2 Å². The Balaban J connectivity index is 2.03. The number of rotatable bonds is 3. The maximum absolute atomic E-state index is 13.1. The van der Waals surface area contributed by atoms with Crippen molar-refractivity contribution in [3.8, 4) is 0 Å². The molecule has 1 aromatic heterocycles. The molecule has 0 unspecified atom stereocenters. The van der Waals surface area contributed by atoms with E-state index >= 15 is 0 Å². The van der Waals surface area contributed by atoms with Crippen molar-refractivity contribution in [2.45, 2.75) is 13.3 Å². The number of nitrogens with one attached hydrogen (secondary N) is 1. The van der Waals surface area contributed by atoms with Gasteiger partial charge in [0.05, 0.1) is 0 Å². The van der Waals surface area contributed by atoms with Crippen LogP contribution in [0.3, 0.4) is 0 Å². The summed E-state index contributed by atoms with van der Waals surface area (Å²) in [5.74, 6) is -0.365. The Bertz CT molecular complexity index is 771. The van der Waals surface area contributed by atoms with Crippen LogP contribution >= 0.6 is 0 Å². The van der Waals surface area contributed by atoms with Crippen LogP contribution in [0.2, 0.25) is 0 Å². The maximum atomic E-state index is 13.1. The lowest BCUT2D eigenvalue weighted by Crippen LogP contribution is -2.00. The molecule has 0 saturated heterocycles. The lowest BCUT2D eigenvalue weighted by Gasteiger charge is -2.01. The highest BCUT2D eigenvalue weighted by atomic mass is 19.1. The molecule has 0 radical (unpaired) electrons. The van der Waals surface area contributed by atoms with Crippen molar-refractivity contribution in [3.63, 3.8) is 0 Å². The summed E-state index contributed by atoms with van der Waals surface area (Å²) in [5, 5.41) is 0.746. The molecule has 20 heavy (non-hydrogen) atoms. The summed E-state index contributed by atoms with van der Waals surface area (Å²) in [6.07, 6.45) is 2.58. The van der Waals surface area contributed by atoms with Crippen LogP contribution in [0.25, 0.3) is 10.9 Å². The van der Waals surface area contributed by atoms with Gasteiger partial charge in [-0.2, -0.15) is 0 Å². The molecule has 1 heterocycles. The maximum Gasteiger partial charge on any atom is 0.195 e. The predicted molar refractivity (Wildman–Crippen MR) is 77.5 cm³/mol. The van der Waals surface area contributed by atoms with Crippen LogP contribution in [0.1, 0.15) is 28.4 Å². The first-order valence-corrected chi connectivity index (χ1v) is 6.59. The summed E-state index contributed by atoms with van der Waals surface area (Å²) in [7, 11) is 0. The van der Waals surface area contributed by atoms with Gasteiger partial charge in [0.1, 0.15) is 5.82 Å². The molecule has 0 amide bonds. The normalized spacial score (nSPS) is 10.9. The molecule has 3 rings (SSSR count). The monoisotopic (exact) mass is 267 g/mol. The molecule has 0 aliphatic carbocycles. The number of aryl methyl sites for hydroxylation is 1. The van der Waals surface area contributed by atoms with E-state index in [2.05, 4.69) is 11.9 Å². The first kappa shape index (κ1) is 12.6. The van der Waals surface area contributed by atoms with E-state index in [-0.39, 0.29) is 11.6 Å². The van der Waals surface area contributed by atoms with Crippen LogP contribution in [0.5, 0.6) is 0 Å². The van der Waals surface area contributed by atoms with Crippen LogP contribution in [0.4, 0.5) is 4.39 Å². The second-order valence-electron chi connectivity index (χ2n) is 4.77. The van der Waals surface area contributed by atoms with Gasteiger partial charge in [0.2, 0.25) is 0 Å². The third-order valence-electron chi connectivity index (χ3n) is 3.51. The lowest BCUT2D eigenvalue weighted by atomic mass is 10.0. The molecule has 0 aliphatic rings. The molecule has 3 heteroatoms. The summed E-state index contributed by atoms with van der Waals surface area (Å²) < 4.78 is 13.1. The Hall–Kier alpha value is -2.42. The zero-order chi connectivity index (χ0) is 14.1. The van der Waals surface area contributed by atoms with E-state index in [0.717, 1.165) is 11.8 Å². The minimum atomic E-state index is -0.314. The van der Waals surface area contributed by atoms with Crippen molar-refractivity contribution in [1.29, 1.82) is 0 Å². The SMILES string of the molecule is CCc1ccc(C(=O)c2c[nH]c3cc(F)ccc23)cc1. The first-order chi connectivity index (χ1) is 9.69. The fourth-order valence-electron chi connectivity index (χ4n) is 2.33. The molecule has 0 fully saturated rings. The number of H-pyrrole nitrogens is 1. The Morgan fingerprint density at radius 2 is 1.90 bits per heavy atom. The van der Waals surface area contributed by atoms with Gasteiger partial charge in [0.15, 0.2) is 5.78 Å². The Morgan fingerprint density at radius 3 is 2.60 bits per heavy atom. The van der Waals surface area contributed by atoms with Gasteiger partial charge >= 0.3 is 0 Å². The molecule has 1 N–H and O–H groups in total. The third kappa shape index (κ3) is 2.11. The number of benzene rings is 2. The van der Waals surface area contributed by atoms with E-state index < -0.39 is 0 Å². The van der Waals surface area contributed by atoms with Crippen LogP contribution < -0.4 is 0 Å². The minimum Gasteiger partial charge on any atom is -0.360 e. The van der Waals surface area contributed by atoms with Crippen molar-refractivity contribution < 1.29 is 9.18 Å². The molecule has 2 aromatic carbocycles. The van der Waals surface area contributed by atoms with E-state index in [1.165, 1.54) is 17.7 Å². The third-order valence-corrected chi connectivity index (χ3v) is 3.51. The van der Waals surface area contributed by atoms with Crippen molar-refractivity contribution >= 4 is 16.7 Å². The van der Waals surface area contributed by atoms with Crippen LogP contribution in [0, 0.1) is 5.82 Å². The quantitative estimate of drug-likeness (QED) is 0.712. The standard InChI is InChI=1S/C17H14FNO/c1-2-11-3-5-12(6-4-11)17(20)15-10-19-16-9-13(18)7-8-14(15)16/h3-10,19H,2H2,1H3. The van der Waals surface area contributed by atoms with Crippen LogP contribution in [0.15, 0.2) is 48.7 Å². The van der Waals surface area contributed by atoms with Crippen molar-refractivity contribution in [1.82, 2.24) is 4.98 Å². The average molecular weight is 267 g/mol. The molecule has 2 nitrogen and oxygen atoms in total. The van der Waals surface area contributed by atoms with Gasteiger partial charge in [-0.15, -0.1) is 0 Å². The molecular formula is C17H14FNO. The Labute approximate surface area is 116 Å². The Kier molecular flexibility index (Phi) is 3.11. The van der Waals surface area contributed by atoms with Crippen LogP contribution in [-0.4, -0.2) is 10.8 Å². The van der Waals surface area contributed by atoms with Crippen molar-refractivity contribution in [3.05, 3.63) is 71.2 Å². The average Bonchev–Trinajstić information content (AvgIpc) is 2.89. The molecule has 0 atom stereocenters. The van der Waals surface area contributed by atoms with Gasteiger partial charge in [-0.05, 0) is 30.2 Å². The number of ketones is 1. The number of aromatic amines is 1. The minimum absolute atomic E-state index is 0.0505.